The molecule has 3 rings (SSSR count). The Kier molecular flexibility index (Phi) is 5.81. The number of likely N-dealkylation sites (N-methyl/N-ethyl adjacent to an activating group) is 1. The summed E-state index contributed by atoms with van der Waals surface area (Å²) in [4.78, 5) is 14.4. The SMILES string of the molecule is CN(CCc1ccc(S(N)(=O)=O)cc1)C(=O)c1cc(-c2ccc(F)cc2)nn1C. The van der Waals surface area contributed by atoms with Gasteiger partial charge in [-0.15, -0.1) is 0 Å². The van der Waals surface area contributed by atoms with Gasteiger partial charge in [-0.25, -0.2) is 17.9 Å². The maximum Gasteiger partial charge on any atom is 0.271 e. The van der Waals surface area contributed by atoms with Gasteiger partial charge < -0.3 is 4.90 Å². The van der Waals surface area contributed by atoms with Crippen molar-refractivity contribution < 1.29 is 17.6 Å². The molecule has 1 heterocycles. The minimum absolute atomic E-state index is 0.0499. The zero-order valence-electron chi connectivity index (χ0n) is 16.0. The maximum absolute atomic E-state index is 13.1. The second-order valence-corrected chi connectivity index (χ2v) is 8.27. The van der Waals surface area contributed by atoms with Crippen LogP contribution in [0, 0.1) is 5.82 Å². The predicted octanol–water partition coefficient (Wildman–Crippen LogP) is 2.19. The lowest BCUT2D eigenvalue weighted by Gasteiger charge is -2.17. The molecule has 0 fully saturated rings. The molecule has 2 N–H and O–H groups in total. The van der Waals surface area contributed by atoms with Crippen LogP contribution in [-0.4, -0.2) is 42.6 Å². The van der Waals surface area contributed by atoms with Crippen LogP contribution in [0.1, 0.15) is 16.1 Å². The predicted molar refractivity (Wildman–Crippen MR) is 107 cm³/mol. The van der Waals surface area contributed by atoms with Crippen molar-refractivity contribution in [2.24, 2.45) is 12.2 Å². The topological polar surface area (TPSA) is 98.3 Å². The Hall–Kier alpha value is -3.04. The normalized spacial score (nSPS) is 11.4. The van der Waals surface area contributed by atoms with Gasteiger partial charge in [0.05, 0.1) is 10.6 Å². The number of rotatable bonds is 6. The molecule has 1 aromatic heterocycles. The van der Waals surface area contributed by atoms with E-state index in [1.165, 1.54) is 28.9 Å². The first kappa shape index (κ1) is 20.7. The number of aromatic nitrogens is 2. The summed E-state index contributed by atoms with van der Waals surface area (Å²) in [5, 5.41) is 9.43. The molecule has 0 aliphatic heterocycles. The molecule has 0 saturated carbocycles. The van der Waals surface area contributed by atoms with Crippen molar-refractivity contribution in [3.63, 3.8) is 0 Å². The number of amides is 1. The summed E-state index contributed by atoms with van der Waals surface area (Å²) >= 11 is 0. The highest BCUT2D eigenvalue weighted by molar-refractivity contribution is 7.89. The van der Waals surface area contributed by atoms with E-state index in [9.17, 15) is 17.6 Å². The second-order valence-electron chi connectivity index (χ2n) is 6.71. The molecule has 0 radical (unpaired) electrons. The number of nitrogens with two attached hydrogens (primary N) is 1. The van der Waals surface area contributed by atoms with E-state index >= 15 is 0 Å². The van der Waals surface area contributed by atoms with E-state index in [-0.39, 0.29) is 16.6 Å². The van der Waals surface area contributed by atoms with E-state index in [1.54, 1.807) is 49.3 Å². The lowest BCUT2D eigenvalue weighted by atomic mass is 10.1. The van der Waals surface area contributed by atoms with Gasteiger partial charge in [0.15, 0.2) is 0 Å². The molecule has 0 unspecified atom stereocenters. The average Bonchev–Trinajstić information content (AvgIpc) is 3.07. The number of halogens is 1. The second kappa shape index (κ2) is 8.14. The summed E-state index contributed by atoms with van der Waals surface area (Å²) in [5.41, 5.74) is 2.60. The van der Waals surface area contributed by atoms with Gasteiger partial charge in [-0.2, -0.15) is 5.10 Å². The van der Waals surface area contributed by atoms with Crippen molar-refractivity contribution in [2.75, 3.05) is 13.6 Å². The molecule has 29 heavy (non-hydrogen) atoms. The summed E-state index contributed by atoms with van der Waals surface area (Å²) in [6, 6.07) is 13.8. The Labute approximate surface area is 168 Å². The number of hydrogen-bond acceptors (Lipinski definition) is 4. The summed E-state index contributed by atoms with van der Waals surface area (Å²) in [6.07, 6.45) is 0.551. The highest BCUT2D eigenvalue weighted by Crippen LogP contribution is 2.20. The molecule has 7 nitrogen and oxygen atoms in total. The molecule has 0 aliphatic rings. The van der Waals surface area contributed by atoms with Gasteiger partial charge in [-0.3, -0.25) is 9.48 Å². The fraction of sp³-hybridized carbons (Fsp3) is 0.200. The van der Waals surface area contributed by atoms with E-state index in [0.29, 0.717) is 24.4 Å². The van der Waals surface area contributed by atoms with Gasteiger partial charge >= 0.3 is 0 Å². The van der Waals surface area contributed by atoms with Crippen LogP contribution in [0.4, 0.5) is 4.39 Å². The fourth-order valence-electron chi connectivity index (χ4n) is 2.87. The first-order valence-corrected chi connectivity index (χ1v) is 10.4. The Morgan fingerprint density at radius 3 is 2.34 bits per heavy atom. The van der Waals surface area contributed by atoms with Crippen LogP contribution >= 0.6 is 0 Å². The number of carbonyl (C=O) groups is 1. The molecule has 0 aliphatic carbocycles. The lowest BCUT2D eigenvalue weighted by molar-refractivity contribution is 0.0786. The van der Waals surface area contributed by atoms with Crippen molar-refractivity contribution in [1.82, 2.24) is 14.7 Å². The van der Waals surface area contributed by atoms with E-state index in [0.717, 1.165) is 11.1 Å². The van der Waals surface area contributed by atoms with Gasteiger partial charge in [0.1, 0.15) is 11.5 Å². The largest absolute Gasteiger partial charge is 0.340 e. The van der Waals surface area contributed by atoms with Gasteiger partial charge in [-0.1, -0.05) is 12.1 Å². The first-order valence-electron chi connectivity index (χ1n) is 8.82. The van der Waals surface area contributed by atoms with Crippen molar-refractivity contribution in [3.05, 3.63) is 71.7 Å². The van der Waals surface area contributed by atoms with E-state index in [4.69, 9.17) is 5.14 Å². The van der Waals surface area contributed by atoms with E-state index < -0.39 is 10.0 Å². The molecule has 0 bridgehead atoms. The highest BCUT2D eigenvalue weighted by atomic mass is 32.2. The van der Waals surface area contributed by atoms with Crippen LogP contribution in [0.15, 0.2) is 59.5 Å². The summed E-state index contributed by atoms with van der Waals surface area (Å²) in [6.45, 7) is 0.435. The molecule has 2 aromatic carbocycles. The Morgan fingerprint density at radius 1 is 1.14 bits per heavy atom. The van der Waals surface area contributed by atoms with Gasteiger partial charge in [0.2, 0.25) is 10.0 Å². The Morgan fingerprint density at radius 2 is 1.76 bits per heavy atom. The van der Waals surface area contributed by atoms with Crippen molar-refractivity contribution in [3.8, 4) is 11.3 Å². The van der Waals surface area contributed by atoms with Crippen LogP contribution in [0.25, 0.3) is 11.3 Å². The lowest BCUT2D eigenvalue weighted by Crippen LogP contribution is -2.30. The summed E-state index contributed by atoms with van der Waals surface area (Å²) < 4.78 is 37.2. The molecule has 0 saturated heterocycles. The third-order valence-corrected chi connectivity index (χ3v) is 5.50. The quantitative estimate of drug-likeness (QED) is 0.666. The number of primary sulfonamides is 1. The smallest absolute Gasteiger partial charge is 0.271 e. The molecule has 3 aromatic rings. The zero-order valence-corrected chi connectivity index (χ0v) is 16.9. The molecule has 1 amide bonds. The fourth-order valence-corrected chi connectivity index (χ4v) is 3.38. The van der Waals surface area contributed by atoms with Gasteiger partial charge in [-0.05, 0) is 54.4 Å². The molecule has 9 heteroatoms. The maximum atomic E-state index is 13.1. The minimum atomic E-state index is -3.72. The number of hydrogen-bond donors (Lipinski definition) is 1. The van der Waals surface area contributed by atoms with Gasteiger partial charge in [0.25, 0.3) is 5.91 Å². The Balaban J connectivity index is 1.68. The van der Waals surface area contributed by atoms with E-state index in [2.05, 4.69) is 5.10 Å². The molecule has 0 atom stereocenters. The summed E-state index contributed by atoms with van der Waals surface area (Å²) in [5.74, 6) is -0.535. The van der Waals surface area contributed by atoms with Crippen LogP contribution in [0.2, 0.25) is 0 Å². The number of nitrogens with zero attached hydrogens (tertiary/aromatic N) is 3. The Bertz CT molecular complexity index is 1120. The molecule has 0 spiro atoms. The van der Waals surface area contributed by atoms with E-state index in [1.807, 2.05) is 0 Å². The van der Waals surface area contributed by atoms with Crippen LogP contribution in [0.3, 0.4) is 0 Å². The van der Waals surface area contributed by atoms with Crippen molar-refractivity contribution >= 4 is 15.9 Å². The monoisotopic (exact) mass is 416 g/mol. The molecular weight excluding hydrogens is 395 g/mol. The summed E-state index contributed by atoms with van der Waals surface area (Å²) in [7, 11) is -0.356. The highest BCUT2D eigenvalue weighted by Gasteiger charge is 2.18. The van der Waals surface area contributed by atoms with Crippen LogP contribution in [0.5, 0.6) is 0 Å². The van der Waals surface area contributed by atoms with Crippen LogP contribution < -0.4 is 5.14 Å². The average molecular weight is 416 g/mol. The van der Waals surface area contributed by atoms with Crippen LogP contribution in [-0.2, 0) is 23.5 Å². The van der Waals surface area contributed by atoms with Crippen molar-refractivity contribution in [1.29, 1.82) is 0 Å². The standard InChI is InChI=1S/C20H21FN4O3S/c1-24(12-11-14-3-9-17(10-4-14)29(22,27)28)20(26)19-13-18(23-25(19)2)15-5-7-16(21)8-6-15/h3-10,13H,11-12H2,1-2H3,(H2,22,27,28). The number of carbonyl (C=O) groups excluding carboxylic acids is 1. The number of benzene rings is 2. The number of sulfonamides is 1. The third kappa shape index (κ3) is 4.87. The third-order valence-electron chi connectivity index (χ3n) is 4.57. The number of aryl methyl sites for hydroxylation is 1. The first-order chi connectivity index (χ1) is 13.6. The molecular formula is C20H21FN4O3S. The molecule has 152 valence electrons. The minimum Gasteiger partial charge on any atom is -0.340 e. The zero-order chi connectivity index (χ0) is 21.2. The van der Waals surface area contributed by atoms with Gasteiger partial charge in [0, 0.05) is 26.2 Å². The van der Waals surface area contributed by atoms with Crippen molar-refractivity contribution in [2.45, 2.75) is 11.3 Å².